The van der Waals surface area contributed by atoms with Crippen LogP contribution in [0, 0.1) is 0 Å². The molecule has 1 aliphatic rings. The van der Waals surface area contributed by atoms with Crippen LogP contribution >= 0.6 is 0 Å². The predicted molar refractivity (Wildman–Crippen MR) is 93.1 cm³/mol. The summed E-state index contributed by atoms with van der Waals surface area (Å²) in [4.78, 5) is 9.91. The predicted octanol–water partition coefficient (Wildman–Crippen LogP) is 1.87. The van der Waals surface area contributed by atoms with Crippen molar-refractivity contribution in [2.24, 2.45) is 0 Å². The Kier molecular flexibility index (Phi) is 5.33. The summed E-state index contributed by atoms with van der Waals surface area (Å²) in [6.07, 6.45) is 5.58. The van der Waals surface area contributed by atoms with E-state index < -0.39 is 10.0 Å². The average molecular weight is 348 g/mol. The minimum atomic E-state index is -3.40. The first-order chi connectivity index (χ1) is 11.6. The summed E-state index contributed by atoms with van der Waals surface area (Å²) in [5.41, 5.74) is 1.18. The van der Waals surface area contributed by atoms with Gasteiger partial charge in [0.05, 0.1) is 11.4 Å². The van der Waals surface area contributed by atoms with Gasteiger partial charge in [0.15, 0.2) is 0 Å². The SMILES string of the molecule is CCCc1ccc(S(=O)(=O)N2CCN(Cc3ncc[nH]3)CC2)cc1. The van der Waals surface area contributed by atoms with Crippen LogP contribution in [-0.4, -0.2) is 53.8 Å². The zero-order valence-corrected chi connectivity index (χ0v) is 14.8. The van der Waals surface area contributed by atoms with Gasteiger partial charge in [0, 0.05) is 38.6 Å². The van der Waals surface area contributed by atoms with Gasteiger partial charge in [-0.3, -0.25) is 4.90 Å². The monoisotopic (exact) mass is 348 g/mol. The third-order valence-electron chi connectivity index (χ3n) is 4.36. The first-order valence-electron chi connectivity index (χ1n) is 8.39. The number of nitrogens with one attached hydrogen (secondary N) is 1. The van der Waals surface area contributed by atoms with Crippen LogP contribution in [0.15, 0.2) is 41.6 Å². The number of nitrogens with zero attached hydrogens (tertiary/aromatic N) is 3. The first-order valence-corrected chi connectivity index (χ1v) is 9.83. The van der Waals surface area contributed by atoms with E-state index in [1.54, 1.807) is 28.8 Å². The normalized spacial score (nSPS) is 17.2. The Bertz CT molecular complexity index is 733. The van der Waals surface area contributed by atoms with E-state index in [9.17, 15) is 8.42 Å². The molecule has 130 valence electrons. The van der Waals surface area contributed by atoms with Gasteiger partial charge in [-0.1, -0.05) is 25.5 Å². The second-order valence-corrected chi connectivity index (χ2v) is 8.05. The Morgan fingerprint density at radius 1 is 1.12 bits per heavy atom. The number of aryl methyl sites for hydroxylation is 1. The molecule has 0 aliphatic carbocycles. The lowest BCUT2D eigenvalue weighted by Gasteiger charge is -2.33. The number of benzene rings is 1. The highest BCUT2D eigenvalue weighted by molar-refractivity contribution is 7.89. The molecule has 0 radical (unpaired) electrons. The van der Waals surface area contributed by atoms with Gasteiger partial charge in [-0.25, -0.2) is 13.4 Å². The van der Waals surface area contributed by atoms with Crippen molar-refractivity contribution < 1.29 is 8.42 Å². The van der Waals surface area contributed by atoms with Crippen molar-refractivity contribution in [3.05, 3.63) is 48.0 Å². The van der Waals surface area contributed by atoms with Crippen LogP contribution in [0.4, 0.5) is 0 Å². The number of piperazine rings is 1. The van der Waals surface area contributed by atoms with Crippen molar-refractivity contribution in [2.45, 2.75) is 31.2 Å². The molecule has 1 N–H and O–H groups in total. The van der Waals surface area contributed by atoms with E-state index in [-0.39, 0.29) is 0 Å². The van der Waals surface area contributed by atoms with E-state index in [0.29, 0.717) is 31.1 Å². The summed E-state index contributed by atoms with van der Waals surface area (Å²) in [7, 11) is -3.40. The van der Waals surface area contributed by atoms with Crippen molar-refractivity contribution in [3.8, 4) is 0 Å². The zero-order chi connectivity index (χ0) is 17.0. The lowest BCUT2D eigenvalue weighted by molar-refractivity contribution is 0.178. The minimum absolute atomic E-state index is 0.391. The van der Waals surface area contributed by atoms with E-state index in [1.165, 1.54) is 5.56 Å². The third-order valence-corrected chi connectivity index (χ3v) is 6.27. The van der Waals surface area contributed by atoms with Crippen LogP contribution in [0.3, 0.4) is 0 Å². The standard InChI is InChI=1S/C17H24N4O2S/c1-2-3-15-4-6-16(7-5-15)24(22,23)21-12-10-20(11-13-21)14-17-18-8-9-19-17/h4-9H,2-3,10-14H2,1H3,(H,18,19). The van der Waals surface area contributed by atoms with Gasteiger partial charge in [0.25, 0.3) is 0 Å². The van der Waals surface area contributed by atoms with Crippen LogP contribution in [0.1, 0.15) is 24.7 Å². The molecule has 0 atom stereocenters. The van der Waals surface area contributed by atoms with Gasteiger partial charge < -0.3 is 4.98 Å². The molecular weight excluding hydrogens is 324 g/mol. The summed E-state index contributed by atoms with van der Waals surface area (Å²) in [5.74, 6) is 0.915. The summed E-state index contributed by atoms with van der Waals surface area (Å²) in [6, 6.07) is 7.30. The number of rotatable bonds is 6. The van der Waals surface area contributed by atoms with Crippen molar-refractivity contribution in [1.29, 1.82) is 0 Å². The van der Waals surface area contributed by atoms with Crippen LogP contribution in [0.25, 0.3) is 0 Å². The first kappa shape index (κ1) is 17.1. The number of hydrogen-bond acceptors (Lipinski definition) is 4. The van der Waals surface area contributed by atoms with Gasteiger partial charge >= 0.3 is 0 Å². The van der Waals surface area contributed by atoms with Crippen molar-refractivity contribution >= 4 is 10.0 Å². The van der Waals surface area contributed by atoms with Crippen LogP contribution in [0.2, 0.25) is 0 Å². The Labute approximate surface area is 143 Å². The van der Waals surface area contributed by atoms with Crippen molar-refractivity contribution in [3.63, 3.8) is 0 Å². The Balaban J connectivity index is 1.61. The lowest BCUT2D eigenvalue weighted by Crippen LogP contribution is -2.48. The molecule has 0 saturated carbocycles. The zero-order valence-electron chi connectivity index (χ0n) is 14.0. The maximum Gasteiger partial charge on any atom is 0.243 e. The fraction of sp³-hybridized carbons (Fsp3) is 0.471. The highest BCUT2D eigenvalue weighted by Crippen LogP contribution is 2.19. The molecule has 7 heteroatoms. The van der Waals surface area contributed by atoms with E-state index in [0.717, 1.165) is 25.2 Å². The number of imidazole rings is 1. The second-order valence-electron chi connectivity index (χ2n) is 6.11. The minimum Gasteiger partial charge on any atom is -0.348 e. The summed E-state index contributed by atoms with van der Waals surface area (Å²) >= 11 is 0. The largest absolute Gasteiger partial charge is 0.348 e. The highest BCUT2D eigenvalue weighted by Gasteiger charge is 2.28. The smallest absolute Gasteiger partial charge is 0.243 e. The Morgan fingerprint density at radius 2 is 1.83 bits per heavy atom. The maximum atomic E-state index is 12.8. The third kappa shape index (κ3) is 3.85. The Hall–Kier alpha value is -1.70. The van der Waals surface area contributed by atoms with Gasteiger partial charge in [-0.05, 0) is 24.1 Å². The molecule has 3 rings (SSSR count). The molecule has 6 nitrogen and oxygen atoms in total. The van der Waals surface area contributed by atoms with Gasteiger partial charge in [-0.2, -0.15) is 4.31 Å². The second kappa shape index (κ2) is 7.46. The lowest BCUT2D eigenvalue weighted by atomic mass is 10.1. The molecule has 0 amide bonds. The number of aromatic nitrogens is 2. The summed E-state index contributed by atoms with van der Waals surface area (Å²) < 4.78 is 27.1. The molecule has 2 aromatic rings. The van der Waals surface area contributed by atoms with Gasteiger partial charge in [-0.15, -0.1) is 0 Å². The topological polar surface area (TPSA) is 69.3 Å². The quantitative estimate of drug-likeness (QED) is 0.865. The number of sulfonamides is 1. The fourth-order valence-corrected chi connectivity index (χ4v) is 4.41. The van der Waals surface area contributed by atoms with Gasteiger partial charge in [0.1, 0.15) is 5.82 Å². The van der Waals surface area contributed by atoms with E-state index >= 15 is 0 Å². The highest BCUT2D eigenvalue weighted by atomic mass is 32.2. The number of aromatic amines is 1. The van der Waals surface area contributed by atoms with Crippen LogP contribution < -0.4 is 0 Å². The van der Waals surface area contributed by atoms with Crippen LogP contribution in [0.5, 0.6) is 0 Å². The van der Waals surface area contributed by atoms with Gasteiger partial charge in [0.2, 0.25) is 10.0 Å². The molecule has 1 saturated heterocycles. The molecule has 0 bridgehead atoms. The molecule has 24 heavy (non-hydrogen) atoms. The molecular formula is C17H24N4O2S. The molecule has 1 aliphatic heterocycles. The Morgan fingerprint density at radius 3 is 2.42 bits per heavy atom. The molecule has 1 fully saturated rings. The summed E-state index contributed by atoms with van der Waals surface area (Å²) in [5, 5.41) is 0. The number of H-pyrrole nitrogens is 1. The van der Waals surface area contributed by atoms with Crippen LogP contribution in [-0.2, 0) is 23.0 Å². The van der Waals surface area contributed by atoms with Crippen molar-refractivity contribution in [2.75, 3.05) is 26.2 Å². The number of hydrogen-bond donors (Lipinski definition) is 1. The molecule has 0 unspecified atom stereocenters. The molecule has 2 heterocycles. The average Bonchev–Trinajstić information content (AvgIpc) is 3.09. The molecule has 1 aromatic carbocycles. The molecule has 0 spiro atoms. The molecule has 1 aromatic heterocycles. The van der Waals surface area contributed by atoms with E-state index in [4.69, 9.17) is 0 Å². The fourth-order valence-electron chi connectivity index (χ4n) is 2.99. The maximum absolute atomic E-state index is 12.8. The van der Waals surface area contributed by atoms with Crippen molar-refractivity contribution in [1.82, 2.24) is 19.2 Å². The van der Waals surface area contributed by atoms with E-state index in [1.807, 2.05) is 12.1 Å². The summed E-state index contributed by atoms with van der Waals surface area (Å²) in [6.45, 7) is 5.31. The van der Waals surface area contributed by atoms with E-state index in [2.05, 4.69) is 21.8 Å².